The minimum absolute atomic E-state index is 0.290. The number of nitrogen functional groups attached to an aromatic ring is 1. The van der Waals surface area contributed by atoms with Gasteiger partial charge in [0.2, 0.25) is 0 Å². The van der Waals surface area contributed by atoms with Crippen LogP contribution in [-0.2, 0) is 11.2 Å². The van der Waals surface area contributed by atoms with Crippen LogP contribution in [0.15, 0.2) is 18.3 Å². The maximum Gasteiger partial charge on any atom is 0.342 e. The third kappa shape index (κ3) is 2.88. The van der Waals surface area contributed by atoms with E-state index in [0.29, 0.717) is 29.6 Å². The van der Waals surface area contributed by atoms with Crippen molar-refractivity contribution in [3.05, 3.63) is 46.1 Å². The Morgan fingerprint density at radius 2 is 1.89 bits per heavy atom. The summed E-state index contributed by atoms with van der Waals surface area (Å²) in [4.78, 5) is 17.3. The minimum atomic E-state index is -0.495. The van der Waals surface area contributed by atoms with E-state index in [1.807, 2.05) is 37.5 Å². The van der Waals surface area contributed by atoms with E-state index in [1.54, 1.807) is 13.3 Å². The fraction of sp³-hybridized carbons (Fsp3) is 0.333. The Balaban J connectivity index is 2.52. The quantitative estimate of drug-likeness (QED) is 0.658. The highest BCUT2D eigenvalue weighted by Crippen LogP contribution is 2.38. The fourth-order valence-corrected chi connectivity index (χ4v) is 3.80. The van der Waals surface area contributed by atoms with Crippen molar-refractivity contribution in [2.24, 2.45) is 5.73 Å². The molecule has 0 aliphatic carbocycles. The molecule has 0 fully saturated rings. The fourth-order valence-electron chi connectivity index (χ4n) is 3.80. The summed E-state index contributed by atoms with van der Waals surface area (Å²) in [6.07, 6.45) is 2.39. The van der Waals surface area contributed by atoms with Crippen LogP contribution in [0, 0.1) is 20.8 Å². The van der Waals surface area contributed by atoms with Crippen LogP contribution in [0.4, 0.5) is 5.82 Å². The van der Waals surface area contributed by atoms with Gasteiger partial charge in [-0.15, -0.1) is 0 Å². The highest BCUT2D eigenvalue weighted by atomic mass is 16.5. The molecule has 148 valence electrons. The molecule has 0 amide bonds. The molecule has 1 aromatic carbocycles. The molecule has 2 aromatic heterocycles. The standard InChI is InChI=1S/C21H26N4O3/c1-11-6-7-15(27-4)13(3)18(11)25-19(23)17(21(26)28-5)16-14(8-9-22)12(2)10-24-20(16)25/h6-7,10H,8-9,22-23H2,1-5H3. The molecule has 0 bridgehead atoms. The number of methoxy groups -OCH3 is 2. The molecule has 0 atom stereocenters. The molecule has 0 unspecified atom stereocenters. The smallest absolute Gasteiger partial charge is 0.342 e. The Labute approximate surface area is 164 Å². The molecule has 0 aliphatic heterocycles. The van der Waals surface area contributed by atoms with Crippen LogP contribution in [-0.4, -0.2) is 36.3 Å². The lowest BCUT2D eigenvalue weighted by atomic mass is 10.0. The minimum Gasteiger partial charge on any atom is -0.496 e. The lowest BCUT2D eigenvalue weighted by molar-refractivity contribution is 0.0604. The summed E-state index contributed by atoms with van der Waals surface area (Å²) in [6, 6.07) is 3.87. The molecular formula is C21H26N4O3. The van der Waals surface area contributed by atoms with Crippen molar-refractivity contribution in [1.29, 1.82) is 0 Å². The van der Waals surface area contributed by atoms with E-state index in [1.165, 1.54) is 7.11 Å². The van der Waals surface area contributed by atoms with E-state index in [-0.39, 0.29) is 5.82 Å². The van der Waals surface area contributed by atoms with Gasteiger partial charge in [0.15, 0.2) is 0 Å². The van der Waals surface area contributed by atoms with E-state index in [4.69, 9.17) is 20.9 Å². The monoisotopic (exact) mass is 382 g/mol. The maximum absolute atomic E-state index is 12.7. The predicted molar refractivity (Wildman–Crippen MR) is 110 cm³/mol. The van der Waals surface area contributed by atoms with E-state index in [2.05, 4.69) is 4.98 Å². The third-order valence-electron chi connectivity index (χ3n) is 5.15. The molecule has 3 aromatic rings. The topological polar surface area (TPSA) is 105 Å². The first kappa shape index (κ1) is 19.7. The second-order valence-corrected chi connectivity index (χ2v) is 6.80. The van der Waals surface area contributed by atoms with E-state index in [0.717, 1.165) is 33.7 Å². The maximum atomic E-state index is 12.7. The Bertz CT molecular complexity index is 1070. The van der Waals surface area contributed by atoms with Crippen LogP contribution in [0.25, 0.3) is 16.7 Å². The number of carbonyl (C=O) groups is 1. The molecular weight excluding hydrogens is 356 g/mol. The van der Waals surface area contributed by atoms with Crippen LogP contribution in [0.3, 0.4) is 0 Å². The van der Waals surface area contributed by atoms with Crippen LogP contribution < -0.4 is 16.2 Å². The zero-order chi connectivity index (χ0) is 20.6. The van der Waals surface area contributed by atoms with Crippen molar-refractivity contribution in [2.75, 3.05) is 26.5 Å². The number of ether oxygens (including phenoxy) is 2. The number of fused-ring (bicyclic) bond motifs is 1. The SMILES string of the molecule is COC(=O)c1c(N)n(-c2c(C)ccc(OC)c2C)c2ncc(C)c(CCN)c12. The van der Waals surface area contributed by atoms with Gasteiger partial charge in [0, 0.05) is 17.1 Å². The number of nitrogens with zero attached hydrogens (tertiary/aromatic N) is 2. The predicted octanol–water partition coefficient (Wildman–Crippen LogP) is 2.83. The number of aryl methyl sites for hydroxylation is 2. The molecule has 0 aliphatic rings. The highest BCUT2D eigenvalue weighted by Gasteiger charge is 2.27. The first-order chi connectivity index (χ1) is 13.4. The second-order valence-electron chi connectivity index (χ2n) is 6.80. The zero-order valence-electron chi connectivity index (χ0n) is 16.9. The lowest BCUT2D eigenvalue weighted by Crippen LogP contribution is -2.09. The van der Waals surface area contributed by atoms with Crippen LogP contribution in [0.2, 0.25) is 0 Å². The molecule has 0 radical (unpaired) electrons. The number of aromatic nitrogens is 2. The molecule has 28 heavy (non-hydrogen) atoms. The molecule has 4 N–H and O–H groups in total. The third-order valence-corrected chi connectivity index (χ3v) is 5.15. The van der Waals surface area contributed by atoms with E-state index >= 15 is 0 Å². The van der Waals surface area contributed by atoms with Crippen LogP contribution in [0.1, 0.15) is 32.6 Å². The van der Waals surface area contributed by atoms with Gasteiger partial charge in [-0.2, -0.15) is 0 Å². The number of pyridine rings is 1. The number of benzene rings is 1. The summed E-state index contributed by atoms with van der Waals surface area (Å²) in [5.41, 5.74) is 17.9. The molecule has 0 saturated carbocycles. The first-order valence-electron chi connectivity index (χ1n) is 9.08. The van der Waals surface area contributed by atoms with Gasteiger partial charge in [0.05, 0.1) is 19.9 Å². The van der Waals surface area contributed by atoms with Gasteiger partial charge in [-0.25, -0.2) is 9.78 Å². The highest BCUT2D eigenvalue weighted by molar-refractivity contribution is 6.10. The number of anilines is 1. The Kier molecular flexibility index (Phi) is 5.29. The molecule has 3 rings (SSSR count). The Morgan fingerprint density at radius 1 is 1.18 bits per heavy atom. The summed E-state index contributed by atoms with van der Waals surface area (Å²) in [5.74, 6) is 0.526. The van der Waals surface area contributed by atoms with Crippen molar-refractivity contribution in [3.63, 3.8) is 0 Å². The second kappa shape index (κ2) is 7.52. The van der Waals surface area contributed by atoms with Gasteiger partial charge in [0.25, 0.3) is 0 Å². The van der Waals surface area contributed by atoms with Crippen molar-refractivity contribution in [3.8, 4) is 11.4 Å². The number of hydrogen-bond acceptors (Lipinski definition) is 6. The van der Waals surface area contributed by atoms with Gasteiger partial charge < -0.3 is 20.9 Å². The van der Waals surface area contributed by atoms with Gasteiger partial charge in [-0.1, -0.05) is 6.07 Å². The van der Waals surface area contributed by atoms with E-state index in [9.17, 15) is 4.79 Å². The van der Waals surface area contributed by atoms with Crippen molar-refractivity contribution in [1.82, 2.24) is 9.55 Å². The largest absolute Gasteiger partial charge is 0.496 e. The van der Waals surface area contributed by atoms with Gasteiger partial charge in [0.1, 0.15) is 22.8 Å². The number of esters is 1. The number of carbonyl (C=O) groups excluding carboxylic acids is 1. The number of rotatable bonds is 5. The van der Waals surface area contributed by atoms with Crippen LogP contribution in [0.5, 0.6) is 5.75 Å². The molecule has 0 saturated heterocycles. The van der Waals surface area contributed by atoms with Crippen LogP contribution >= 0.6 is 0 Å². The van der Waals surface area contributed by atoms with Crippen molar-refractivity contribution >= 4 is 22.8 Å². The Morgan fingerprint density at radius 3 is 2.50 bits per heavy atom. The average molecular weight is 382 g/mol. The summed E-state index contributed by atoms with van der Waals surface area (Å²) >= 11 is 0. The lowest BCUT2D eigenvalue weighted by Gasteiger charge is -2.17. The van der Waals surface area contributed by atoms with E-state index < -0.39 is 5.97 Å². The Hall–Kier alpha value is -3.06. The summed E-state index contributed by atoms with van der Waals surface area (Å²) < 4.78 is 12.3. The molecule has 7 heteroatoms. The molecule has 2 heterocycles. The first-order valence-corrected chi connectivity index (χ1v) is 9.08. The normalized spacial score (nSPS) is 11.1. The van der Waals surface area contributed by atoms with Crippen molar-refractivity contribution in [2.45, 2.75) is 27.2 Å². The number of hydrogen-bond donors (Lipinski definition) is 2. The average Bonchev–Trinajstić information content (AvgIpc) is 2.96. The molecule has 7 nitrogen and oxygen atoms in total. The van der Waals surface area contributed by atoms with Gasteiger partial charge >= 0.3 is 5.97 Å². The summed E-state index contributed by atoms with van der Waals surface area (Å²) in [5, 5.41) is 0.691. The van der Waals surface area contributed by atoms with Gasteiger partial charge in [-0.3, -0.25) is 4.57 Å². The summed E-state index contributed by atoms with van der Waals surface area (Å²) in [6.45, 7) is 6.34. The number of nitrogens with two attached hydrogens (primary N) is 2. The van der Waals surface area contributed by atoms with Gasteiger partial charge in [-0.05, 0) is 56.5 Å². The summed E-state index contributed by atoms with van der Waals surface area (Å²) in [7, 11) is 2.97. The zero-order valence-corrected chi connectivity index (χ0v) is 16.9. The van der Waals surface area contributed by atoms with Crippen molar-refractivity contribution < 1.29 is 14.3 Å². The molecule has 0 spiro atoms.